The van der Waals surface area contributed by atoms with Crippen LogP contribution in [0, 0.1) is 0 Å². The van der Waals surface area contributed by atoms with Crippen molar-refractivity contribution in [2.75, 3.05) is 19.8 Å². The predicted octanol–water partition coefficient (Wildman–Crippen LogP) is 12.2. The Hall–Kier alpha value is -2.08. The highest BCUT2D eigenvalue weighted by Gasteiger charge is 2.44. The zero-order valence-electron chi connectivity index (χ0n) is 40.3. The van der Waals surface area contributed by atoms with E-state index in [0.717, 1.165) is 38.5 Å². The minimum absolute atomic E-state index is 0.177. The van der Waals surface area contributed by atoms with Gasteiger partial charge in [0.05, 0.1) is 13.2 Å². The minimum atomic E-state index is -1.60. The van der Waals surface area contributed by atoms with E-state index in [1.807, 2.05) is 0 Å². The topological polar surface area (TPSA) is 152 Å². The maximum atomic E-state index is 12.8. The second-order valence-electron chi connectivity index (χ2n) is 18.0. The standard InChI is InChI=1S/C53H96O10/c1-3-5-7-9-11-13-15-17-19-20-21-22-23-24-25-26-28-30-32-34-36-38-40-42-49(56)62-46(45-61-53-52(59)51(58)50(57)47(43-54)63-53)44-60-48(55)41-39-37-35-33-31-29-27-18-16-14-12-10-8-6-4-2/h18,27,31,33-34,36,46-47,50-54,57-59H,3-17,19-26,28-30,32,35,37-45H2,1-2H3/b27-18+,33-31+,36-34+/t46-,47-,50+,51?,52?,53-/m1/s1. The molecule has 4 N–H and O–H groups in total. The molecule has 0 radical (unpaired) electrons. The van der Waals surface area contributed by atoms with Crippen molar-refractivity contribution >= 4 is 11.9 Å². The monoisotopic (exact) mass is 893 g/mol. The predicted molar refractivity (Wildman–Crippen MR) is 256 cm³/mol. The van der Waals surface area contributed by atoms with Gasteiger partial charge in [-0.15, -0.1) is 0 Å². The first-order chi connectivity index (χ1) is 30.8. The minimum Gasteiger partial charge on any atom is -0.462 e. The highest BCUT2D eigenvalue weighted by molar-refractivity contribution is 5.70. The lowest BCUT2D eigenvalue weighted by Crippen LogP contribution is -2.59. The molecule has 10 heteroatoms. The SMILES string of the molecule is CCCCCCCC/C=C/C/C=C/CCCCC(=O)OC[C@H](CO[C@@H]1O[C@H](CO)[C@H](O)C(O)C1O)OC(=O)CCC/C=C/CCCCCCCCCCCCCCCCCCCC. The lowest BCUT2D eigenvalue weighted by atomic mass is 9.99. The molecule has 2 unspecified atom stereocenters. The molecule has 1 aliphatic rings. The van der Waals surface area contributed by atoms with Gasteiger partial charge in [0.1, 0.15) is 31.0 Å². The van der Waals surface area contributed by atoms with Gasteiger partial charge in [-0.1, -0.05) is 192 Å². The summed E-state index contributed by atoms with van der Waals surface area (Å²) in [6, 6.07) is 0. The lowest BCUT2D eigenvalue weighted by molar-refractivity contribution is -0.305. The van der Waals surface area contributed by atoms with E-state index < -0.39 is 55.4 Å². The number of allylic oxidation sites excluding steroid dienone is 6. The Bertz CT molecular complexity index is 1120. The van der Waals surface area contributed by atoms with E-state index in [-0.39, 0.29) is 26.1 Å². The van der Waals surface area contributed by atoms with Crippen molar-refractivity contribution in [1.82, 2.24) is 0 Å². The molecule has 0 aromatic carbocycles. The molecule has 0 aromatic rings. The van der Waals surface area contributed by atoms with Gasteiger partial charge < -0.3 is 39.4 Å². The van der Waals surface area contributed by atoms with Gasteiger partial charge in [0.15, 0.2) is 12.4 Å². The summed E-state index contributed by atoms with van der Waals surface area (Å²) in [6.45, 7) is 3.39. The Labute approximate surface area is 385 Å². The summed E-state index contributed by atoms with van der Waals surface area (Å²) >= 11 is 0. The zero-order chi connectivity index (χ0) is 45.9. The molecule has 1 rings (SSSR count). The molecule has 1 heterocycles. The van der Waals surface area contributed by atoms with Crippen LogP contribution < -0.4 is 0 Å². The molecule has 10 nitrogen and oxygen atoms in total. The van der Waals surface area contributed by atoms with Crippen LogP contribution in [0.15, 0.2) is 36.5 Å². The van der Waals surface area contributed by atoms with Gasteiger partial charge in [0, 0.05) is 12.8 Å². The van der Waals surface area contributed by atoms with Crippen molar-refractivity contribution in [3.8, 4) is 0 Å². The summed E-state index contributed by atoms with van der Waals surface area (Å²) in [5.41, 5.74) is 0. The Morgan fingerprint density at radius 3 is 1.38 bits per heavy atom. The van der Waals surface area contributed by atoms with Gasteiger partial charge in [0.25, 0.3) is 0 Å². The van der Waals surface area contributed by atoms with Crippen molar-refractivity contribution in [2.45, 2.75) is 269 Å². The summed E-state index contributed by atoms with van der Waals surface area (Å²) in [4.78, 5) is 25.4. The average molecular weight is 893 g/mol. The van der Waals surface area contributed by atoms with Crippen molar-refractivity contribution in [3.63, 3.8) is 0 Å². The smallest absolute Gasteiger partial charge is 0.306 e. The fourth-order valence-corrected chi connectivity index (χ4v) is 7.87. The number of hydrogen-bond donors (Lipinski definition) is 4. The van der Waals surface area contributed by atoms with E-state index in [1.54, 1.807) is 0 Å². The van der Waals surface area contributed by atoms with Crippen LogP contribution in [-0.4, -0.2) is 89.0 Å². The fourth-order valence-electron chi connectivity index (χ4n) is 7.87. The number of hydrogen-bond acceptors (Lipinski definition) is 10. The van der Waals surface area contributed by atoms with Gasteiger partial charge in [-0.05, 0) is 64.2 Å². The van der Waals surface area contributed by atoms with Gasteiger partial charge in [-0.3, -0.25) is 9.59 Å². The molecule has 368 valence electrons. The quantitative estimate of drug-likeness (QED) is 0.0264. The number of aliphatic hydroxyl groups excluding tert-OH is 4. The van der Waals surface area contributed by atoms with E-state index in [4.69, 9.17) is 18.9 Å². The summed E-state index contributed by atoms with van der Waals surface area (Å²) in [5, 5.41) is 40.2. The molecule has 0 amide bonds. The van der Waals surface area contributed by atoms with Gasteiger partial charge >= 0.3 is 11.9 Å². The number of aliphatic hydroxyl groups is 4. The third-order valence-corrected chi connectivity index (χ3v) is 12.0. The number of ether oxygens (including phenoxy) is 4. The van der Waals surface area contributed by atoms with E-state index in [1.165, 1.54) is 154 Å². The van der Waals surface area contributed by atoms with Gasteiger partial charge in [-0.25, -0.2) is 0 Å². The van der Waals surface area contributed by atoms with Crippen molar-refractivity contribution < 1.29 is 49.0 Å². The van der Waals surface area contributed by atoms with Crippen molar-refractivity contribution in [1.29, 1.82) is 0 Å². The van der Waals surface area contributed by atoms with Crippen LogP contribution in [0.2, 0.25) is 0 Å². The Morgan fingerprint density at radius 1 is 0.492 bits per heavy atom. The molecule has 0 spiro atoms. The summed E-state index contributed by atoms with van der Waals surface area (Å²) in [6.07, 6.45) is 44.6. The molecule has 6 atom stereocenters. The Balaban J connectivity index is 2.27. The van der Waals surface area contributed by atoms with Crippen LogP contribution in [-0.2, 0) is 28.5 Å². The molecular weight excluding hydrogens is 797 g/mol. The van der Waals surface area contributed by atoms with E-state index in [0.29, 0.717) is 12.8 Å². The largest absolute Gasteiger partial charge is 0.462 e. The first-order valence-electron chi connectivity index (χ1n) is 26.1. The van der Waals surface area contributed by atoms with Crippen LogP contribution in [0.25, 0.3) is 0 Å². The van der Waals surface area contributed by atoms with Gasteiger partial charge in [-0.2, -0.15) is 0 Å². The molecule has 0 saturated carbocycles. The van der Waals surface area contributed by atoms with E-state index in [2.05, 4.69) is 50.3 Å². The van der Waals surface area contributed by atoms with Crippen molar-refractivity contribution in [3.05, 3.63) is 36.5 Å². The van der Waals surface area contributed by atoms with E-state index >= 15 is 0 Å². The second kappa shape index (κ2) is 43.8. The zero-order valence-corrected chi connectivity index (χ0v) is 40.3. The number of carbonyl (C=O) groups is 2. The molecule has 0 aliphatic carbocycles. The first-order valence-corrected chi connectivity index (χ1v) is 26.1. The van der Waals surface area contributed by atoms with Crippen LogP contribution in [0.1, 0.15) is 232 Å². The van der Waals surface area contributed by atoms with Crippen LogP contribution >= 0.6 is 0 Å². The van der Waals surface area contributed by atoms with E-state index in [9.17, 15) is 30.0 Å². The third kappa shape index (κ3) is 34.9. The number of carbonyl (C=O) groups excluding carboxylic acids is 2. The van der Waals surface area contributed by atoms with Gasteiger partial charge in [0.2, 0.25) is 0 Å². The average Bonchev–Trinajstić information content (AvgIpc) is 3.28. The van der Waals surface area contributed by atoms with Crippen LogP contribution in [0.3, 0.4) is 0 Å². The summed E-state index contributed by atoms with van der Waals surface area (Å²) in [7, 11) is 0. The molecule has 63 heavy (non-hydrogen) atoms. The van der Waals surface area contributed by atoms with Crippen molar-refractivity contribution in [2.24, 2.45) is 0 Å². The molecule has 1 fully saturated rings. The Morgan fingerprint density at radius 2 is 0.905 bits per heavy atom. The molecule has 0 aromatic heterocycles. The molecule has 1 saturated heterocycles. The number of esters is 2. The summed E-state index contributed by atoms with van der Waals surface area (Å²) < 4.78 is 22.2. The first kappa shape index (κ1) is 58.9. The second-order valence-corrected chi connectivity index (χ2v) is 18.0. The lowest BCUT2D eigenvalue weighted by Gasteiger charge is -2.39. The van der Waals surface area contributed by atoms with Crippen LogP contribution in [0.4, 0.5) is 0 Å². The fraction of sp³-hybridized carbons (Fsp3) is 0.849. The summed E-state index contributed by atoms with van der Waals surface area (Å²) in [5.74, 6) is -0.875. The third-order valence-electron chi connectivity index (χ3n) is 12.0. The Kier molecular flexibility index (Phi) is 41.0. The highest BCUT2D eigenvalue weighted by Crippen LogP contribution is 2.23. The van der Waals surface area contributed by atoms with Crippen LogP contribution in [0.5, 0.6) is 0 Å². The molecular formula is C53H96O10. The molecule has 1 aliphatic heterocycles. The molecule has 0 bridgehead atoms. The normalized spacial score (nSPS) is 19.7. The maximum absolute atomic E-state index is 12.8. The maximum Gasteiger partial charge on any atom is 0.306 e. The highest BCUT2D eigenvalue weighted by atomic mass is 16.7. The number of rotatable bonds is 44. The number of unbranched alkanes of at least 4 members (excludes halogenated alkanes) is 27.